The third kappa shape index (κ3) is 4.90. The third-order valence-electron chi connectivity index (χ3n) is 2.98. The van der Waals surface area contributed by atoms with Gasteiger partial charge < -0.3 is 10.2 Å². The van der Waals surface area contributed by atoms with E-state index < -0.39 is 11.9 Å². The van der Waals surface area contributed by atoms with Crippen molar-refractivity contribution in [2.75, 3.05) is 0 Å². The van der Waals surface area contributed by atoms with Crippen LogP contribution < -0.4 is 0 Å². The van der Waals surface area contributed by atoms with Gasteiger partial charge in [0.1, 0.15) is 0 Å². The maximum Gasteiger partial charge on any atom is 0.335 e. The summed E-state index contributed by atoms with van der Waals surface area (Å²) < 4.78 is 0. The van der Waals surface area contributed by atoms with Crippen LogP contribution in [0, 0.1) is 6.92 Å². The van der Waals surface area contributed by atoms with Gasteiger partial charge in [0, 0.05) is 0 Å². The van der Waals surface area contributed by atoms with Crippen LogP contribution in [0.1, 0.15) is 38.8 Å². The molecule has 2 N–H and O–H groups in total. The van der Waals surface area contributed by atoms with Crippen molar-refractivity contribution in [3.63, 3.8) is 0 Å². The van der Waals surface area contributed by atoms with E-state index in [1.165, 1.54) is 17.7 Å². The number of allylic oxidation sites excluding steroid dienone is 1. The molecule has 0 bridgehead atoms. The number of aromatic carboxylic acids is 2. The minimum Gasteiger partial charge on any atom is -0.478 e. The molecule has 0 saturated heterocycles. The molecule has 0 aliphatic heterocycles. The van der Waals surface area contributed by atoms with E-state index in [1.54, 1.807) is 6.92 Å². The van der Waals surface area contributed by atoms with Gasteiger partial charge in [-0.1, -0.05) is 48.6 Å². The maximum atomic E-state index is 10.6. The fraction of sp³-hybridized carbons (Fsp3) is 0.111. The molecule has 2 rings (SSSR count). The molecule has 0 amide bonds. The number of hydrogen-bond donors (Lipinski definition) is 2. The molecule has 2 aromatic carbocycles. The molecule has 2 aromatic rings. The van der Waals surface area contributed by atoms with E-state index in [0.29, 0.717) is 5.56 Å². The summed E-state index contributed by atoms with van der Waals surface area (Å²) in [5, 5.41) is 17.3. The molecule has 0 aliphatic rings. The summed E-state index contributed by atoms with van der Waals surface area (Å²) in [6, 6.07) is 14.2. The maximum absolute atomic E-state index is 10.6. The zero-order valence-corrected chi connectivity index (χ0v) is 12.5. The average molecular weight is 298 g/mol. The Kier molecular flexibility index (Phi) is 6.08. The number of carboxylic acids is 2. The van der Waals surface area contributed by atoms with Gasteiger partial charge in [-0.3, -0.25) is 0 Å². The summed E-state index contributed by atoms with van der Waals surface area (Å²) in [6.45, 7) is 7.45. The SMILES string of the molecule is C=C(C)c1ccccc1.Cc1ccc(C(=O)O)cc1C(=O)O. The first kappa shape index (κ1) is 17.2. The van der Waals surface area contributed by atoms with Crippen LogP contribution in [-0.4, -0.2) is 22.2 Å². The Labute approximate surface area is 129 Å². The Morgan fingerprint density at radius 2 is 1.50 bits per heavy atom. The lowest BCUT2D eigenvalue weighted by atomic mass is 10.1. The molecular formula is C18H18O4. The van der Waals surface area contributed by atoms with Crippen molar-refractivity contribution in [3.05, 3.63) is 77.4 Å². The molecule has 0 fully saturated rings. The predicted molar refractivity (Wildman–Crippen MR) is 86.2 cm³/mol. The second-order valence-corrected chi connectivity index (χ2v) is 4.79. The van der Waals surface area contributed by atoms with Crippen LogP contribution in [0.5, 0.6) is 0 Å². The van der Waals surface area contributed by atoms with Gasteiger partial charge in [-0.25, -0.2) is 9.59 Å². The first-order valence-corrected chi connectivity index (χ1v) is 6.61. The Hall–Kier alpha value is -2.88. The van der Waals surface area contributed by atoms with E-state index in [2.05, 4.69) is 18.7 Å². The summed E-state index contributed by atoms with van der Waals surface area (Å²) >= 11 is 0. The van der Waals surface area contributed by atoms with E-state index in [4.69, 9.17) is 10.2 Å². The highest BCUT2D eigenvalue weighted by Gasteiger charge is 2.10. The monoisotopic (exact) mass is 298 g/mol. The molecule has 22 heavy (non-hydrogen) atoms. The molecule has 0 aromatic heterocycles. The van der Waals surface area contributed by atoms with Crippen molar-refractivity contribution in [2.45, 2.75) is 13.8 Å². The number of rotatable bonds is 3. The van der Waals surface area contributed by atoms with Gasteiger partial charge in [0.2, 0.25) is 0 Å². The Morgan fingerprint density at radius 3 is 1.91 bits per heavy atom. The molecule has 0 aliphatic carbocycles. The predicted octanol–water partition coefficient (Wildman–Crippen LogP) is 4.11. The van der Waals surface area contributed by atoms with Gasteiger partial charge in [-0.15, -0.1) is 0 Å². The van der Waals surface area contributed by atoms with E-state index in [9.17, 15) is 9.59 Å². The number of hydrogen-bond acceptors (Lipinski definition) is 2. The fourth-order valence-electron chi connectivity index (χ4n) is 1.71. The molecule has 0 saturated carbocycles. The number of aryl methyl sites for hydroxylation is 1. The van der Waals surface area contributed by atoms with Gasteiger partial charge in [-0.2, -0.15) is 0 Å². The summed E-state index contributed by atoms with van der Waals surface area (Å²) in [6.07, 6.45) is 0. The first-order chi connectivity index (χ1) is 10.3. The molecule has 114 valence electrons. The zero-order valence-electron chi connectivity index (χ0n) is 12.5. The minimum absolute atomic E-state index is 0.0111. The Morgan fingerprint density at radius 1 is 0.909 bits per heavy atom. The van der Waals surface area contributed by atoms with Crippen LogP contribution in [0.2, 0.25) is 0 Å². The number of carboxylic acid groups (broad SMARTS) is 2. The lowest BCUT2D eigenvalue weighted by molar-refractivity contribution is 0.0695. The molecule has 0 spiro atoms. The highest BCUT2D eigenvalue weighted by Crippen LogP contribution is 2.11. The van der Waals surface area contributed by atoms with Gasteiger partial charge in [0.15, 0.2) is 0 Å². The summed E-state index contributed by atoms with van der Waals surface area (Å²) in [5.41, 5.74) is 2.91. The Balaban J connectivity index is 0.000000235. The van der Waals surface area contributed by atoms with E-state index in [1.807, 2.05) is 25.1 Å². The smallest absolute Gasteiger partial charge is 0.335 e. The molecule has 4 nitrogen and oxygen atoms in total. The number of carbonyl (C=O) groups is 2. The topological polar surface area (TPSA) is 74.6 Å². The molecule has 4 heteroatoms. The Bertz CT molecular complexity index is 687. The van der Waals surface area contributed by atoms with E-state index in [0.717, 1.165) is 11.6 Å². The van der Waals surface area contributed by atoms with Crippen molar-refractivity contribution < 1.29 is 19.8 Å². The molecular weight excluding hydrogens is 280 g/mol. The first-order valence-electron chi connectivity index (χ1n) is 6.61. The van der Waals surface area contributed by atoms with Gasteiger partial charge in [0.25, 0.3) is 0 Å². The van der Waals surface area contributed by atoms with E-state index >= 15 is 0 Å². The standard InChI is InChI=1S/C9H8O4.C9H10/c1-5-2-3-6(8(10)11)4-7(5)9(12)13;1-8(2)9-6-4-3-5-7-9/h2-4H,1H3,(H,10,11)(H,12,13);3-7H,1H2,2H3. The van der Waals surface area contributed by atoms with E-state index in [-0.39, 0.29) is 11.1 Å². The van der Waals surface area contributed by atoms with Gasteiger partial charge in [-0.05, 0) is 37.1 Å². The van der Waals surface area contributed by atoms with Crippen molar-refractivity contribution in [1.82, 2.24) is 0 Å². The second kappa shape index (κ2) is 7.78. The van der Waals surface area contributed by atoms with Crippen molar-refractivity contribution >= 4 is 17.5 Å². The highest BCUT2D eigenvalue weighted by atomic mass is 16.4. The minimum atomic E-state index is -1.12. The quantitative estimate of drug-likeness (QED) is 0.894. The van der Waals surface area contributed by atoms with Crippen molar-refractivity contribution in [1.29, 1.82) is 0 Å². The zero-order chi connectivity index (χ0) is 16.7. The van der Waals surface area contributed by atoms with Crippen LogP contribution in [0.25, 0.3) is 5.57 Å². The molecule has 0 heterocycles. The van der Waals surface area contributed by atoms with Crippen LogP contribution in [0.15, 0.2) is 55.1 Å². The van der Waals surface area contributed by atoms with Crippen LogP contribution >= 0.6 is 0 Å². The van der Waals surface area contributed by atoms with Gasteiger partial charge >= 0.3 is 11.9 Å². The second-order valence-electron chi connectivity index (χ2n) is 4.79. The largest absolute Gasteiger partial charge is 0.478 e. The van der Waals surface area contributed by atoms with Crippen LogP contribution in [0.4, 0.5) is 0 Å². The summed E-state index contributed by atoms with van der Waals surface area (Å²) in [7, 11) is 0. The summed E-state index contributed by atoms with van der Waals surface area (Å²) in [5.74, 6) is -2.23. The highest BCUT2D eigenvalue weighted by molar-refractivity contribution is 5.94. The lowest BCUT2D eigenvalue weighted by Crippen LogP contribution is -2.03. The average Bonchev–Trinajstić information content (AvgIpc) is 2.48. The molecule has 0 radical (unpaired) electrons. The van der Waals surface area contributed by atoms with Crippen LogP contribution in [0.3, 0.4) is 0 Å². The van der Waals surface area contributed by atoms with Crippen molar-refractivity contribution in [2.24, 2.45) is 0 Å². The number of benzene rings is 2. The normalized spacial score (nSPS) is 9.36. The van der Waals surface area contributed by atoms with Crippen molar-refractivity contribution in [3.8, 4) is 0 Å². The lowest BCUT2D eigenvalue weighted by Gasteiger charge is -2.01. The third-order valence-corrected chi connectivity index (χ3v) is 2.98. The molecule has 0 unspecified atom stereocenters. The van der Waals surface area contributed by atoms with Crippen LogP contribution in [-0.2, 0) is 0 Å². The summed E-state index contributed by atoms with van der Waals surface area (Å²) in [4.78, 5) is 21.1. The fourth-order valence-corrected chi connectivity index (χ4v) is 1.71. The molecule has 0 atom stereocenters. The van der Waals surface area contributed by atoms with Gasteiger partial charge in [0.05, 0.1) is 11.1 Å².